The maximum absolute atomic E-state index is 5.85. The van der Waals surface area contributed by atoms with Gasteiger partial charge in [0.05, 0.1) is 11.9 Å². The van der Waals surface area contributed by atoms with Crippen LogP contribution in [0.4, 0.5) is 0 Å². The molecule has 12 heavy (non-hydrogen) atoms. The maximum Gasteiger partial charge on any atom is 0.0971 e. The first kappa shape index (κ1) is 8.09. The minimum atomic E-state index is 0.556. The highest BCUT2D eigenvalue weighted by Gasteiger charge is 2.27. The molecular weight excluding hydrogens is 148 g/mol. The van der Waals surface area contributed by atoms with Crippen molar-refractivity contribution in [2.75, 3.05) is 0 Å². The fourth-order valence-corrected chi connectivity index (χ4v) is 1.99. The third kappa shape index (κ3) is 1.79. The van der Waals surface area contributed by atoms with Crippen molar-refractivity contribution in [2.24, 2.45) is 22.6 Å². The van der Waals surface area contributed by atoms with Crippen LogP contribution in [-0.4, -0.2) is 11.9 Å². The van der Waals surface area contributed by atoms with Crippen molar-refractivity contribution in [1.82, 2.24) is 0 Å². The van der Waals surface area contributed by atoms with Gasteiger partial charge in [-0.05, 0) is 38.0 Å². The normalized spacial score (nSPS) is 37.2. The van der Waals surface area contributed by atoms with E-state index in [1.807, 2.05) is 0 Å². The Balaban J connectivity index is 1.88. The van der Waals surface area contributed by atoms with E-state index in [2.05, 4.69) is 11.9 Å². The molecule has 2 rings (SSSR count). The topological polar surface area (TPSA) is 38.4 Å². The van der Waals surface area contributed by atoms with Crippen LogP contribution < -0.4 is 5.73 Å². The van der Waals surface area contributed by atoms with Crippen LogP contribution in [0.25, 0.3) is 0 Å². The van der Waals surface area contributed by atoms with Gasteiger partial charge >= 0.3 is 0 Å². The quantitative estimate of drug-likeness (QED) is 0.494. The number of amidine groups is 1. The molecule has 0 amide bonds. The summed E-state index contributed by atoms with van der Waals surface area (Å²) in [7, 11) is 0. The highest BCUT2D eigenvalue weighted by molar-refractivity contribution is 5.85. The van der Waals surface area contributed by atoms with Crippen LogP contribution in [0.3, 0.4) is 0 Å². The Hall–Kier alpha value is -0.530. The summed E-state index contributed by atoms with van der Waals surface area (Å²) in [5.41, 5.74) is 5.85. The zero-order valence-corrected chi connectivity index (χ0v) is 7.79. The first-order valence-electron chi connectivity index (χ1n) is 5.09. The summed E-state index contributed by atoms with van der Waals surface area (Å²) in [6.45, 7) is 2.31. The predicted octanol–water partition coefficient (Wildman–Crippen LogP) is 1.94. The highest BCUT2D eigenvalue weighted by Crippen LogP contribution is 2.31. The Kier molecular flexibility index (Phi) is 2.07. The lowest BCUT2D eigenvalue weighted by Crippen LogP contribution is -2.17. The van der Waals surface area contributed by atoms with Gasteiger partial charge in [-0.15, -0.1) is 0 Å². The average molecular weight is 166 g/mol. The zero-order valence-electron chi connectivity index (χ0n) is 7.79. The Bertz CT molecular complexity index is 194. The van der Waals surface area contributed by atoms with E-state index in [9.17, 15) is 0 Å². The molecule has 0 heterocycles. The molecule has 0 bridgehead atoms. The van der Waals surface area contributed by atoms with Gasteiger partial charge in [0, 0.05) is 5.92 Å². The summed E-state index contributed by atoms with van der Waals surface area (Å²) in [6.07, 6.45) is 6.41. The van der Waals surface area contributed by atoms with E-state index >= 15 is 0 Å². The molecule has 2 fully saturated rings. The summed E-state index contributed by atoms with van der Waals surface area (Å²) in [4.78, 5) is 4.58. The molecule has 2 atom stereocenters. The molecule has 2 saturated carbocycles. The average Bonchev–Trinajstić information content (AvgIpc) is 2.78. The Morgan fingerprint density at radius 3 is 2.50 bits per heavy atom. The molecule has 2 aliphatic carbocycles. The monoisotopic (exact) mass is 166 g/mol. The molecule has 0 spiro atoms. The second-order valence-corrected chi connectivity index (χ2v) is 4.40. The smallest absolute Gasteiger partial charge is 0.0971 e. The Labute approximate surface area is 74.2 Å². The van der Waals surface area contributed by atoms with E-state index in [0.29, 0.717) is 12.0 Å². The summed E-state index contributed by atoms with van der Waals surface area (Å²) in [6, 6.07) is 0.556. The molecule has 0 aromatic heterocycles. The third-order valence-electron chi connectivity index (χ3n) is 2.99. The van der Waals surface area contributed by atoms with Crippen LogP contribution in [0, 0.1) is 11.8 Å². The number of hydrogen-bond donors (Lipinski definition) is 1. The molecule has 0 aromatic rings. The number of rotatable bonds is 2. The zero-order chi connectivity index (χ0) is 8.55. The van der Waals surface area contributed by atoms with Crippen molar-refractivity contribution >= 4 is 5.84 Å². The van der Waals surface area contributed by atoms with Crippen LogP contribution in [-0.2, 0) is 0 Å². The minimum absolute atomic E-state index is 0.556. The van der Waals surface area contributed by atoms with Crippen molar-refractivity contribution in [1.29, 1.82) is 0 Å². The largest absolute Gasteiger partial charge is 0.387 e. The lowest BCUT2D eigenvalue weighted by molar-refractivity contribution is 0.594. The second-order valence-electron chi connectivity index (χ2n) is 4.40. The molecule has 2 nitrogen and oxygen atoms in total. The van der Waals surface area contributed by atoms with Gasteiger partial charge in [-0.2, -0.15) is 0 Å². The van der Waals surface area contributed by atoms with Gasteiger partial charge in [0.25, 0.3) is 0 Å². The molecule has 0 saturated heterocycles. The summed E-state index contributed by atoms with van der Waals surface area (Å²) in [5.74, 6) is 2.46. The van der Waals surface area contributed by atoms with Gasteiger partial charge in [0.2, 0.25) is 0 Å². The van der Waals surface area contributed by atoms with Gasteiger partial charge in [0.15, 0.2) is 0 Å². The van der Waals surface area contributed by atoms with Gasteiger partial charge < -0.3 is 5.73 Å². The van der Waals surface area contributed by atoms with E-state index in [-0.39, 0.29) is 0 Å². The van der Waals surface area contributed by atoms with Crippen molar-refractivity contribution in [2.45, 2.75) is 45.1 Å². The number of hydrogen-bond acceptors (Lipinski definition) is 1. The van der Waals surface area contributed by atoms with Crippen LogP contribution in [0.5, 0.6) is 0 Å². The molecule has 0 aromatic carbocycles. The van der Waals surface area contributed by atoms with Crippen LogP contribution in [0.2, 0.25) is 0 Å². The summed E-state index contributed by atoms with van der Waals surface area (Å²) >= 11 is 0. The van der Waals surface area contributed by atoms with E-state index in [1.165, 1.54) is 32.1 Å². The van der Waals surface area contributed by atoms with Crippen molar-refractivity contribution < 1.29 is 0 Å². The first-order chi connectivity index (χ1) is 5.75. The van der Waals surface area contributed by atoms with Crippen LogP contribution in [0.15, 0.2) is 4.99 Å². The standard InChI is InChI=1S/C10H18N2/c1-7-2-5-9(6-7)12-10(11)8-3-4-8/h7-9H,2-6H2,1H3,(H2,11,12). The SMILES string of the molecule is CC1CCC(N=C(N)C2CC2)C1. The summed E-state index contributed by atoms with van der Waals surface area (Å²) < 4.78 is 0. The van der Waals surface area contributed by atoms with E-state index in [0.717, 1.165) is 11.8 Å². The maximum atomic E-state index is 5.85. The van der Waals surface area contributed by atoms with Crippen LogP contribution in [0.1, 0.15) is 39.0 Å². The van der Waals surface area contributed by atoms with Gasteiger partial charge in [-0.1, -0.05) is 6.92 Å². The van der Waals surface area contributed by atoms with Gasteiger partial charge in [-0.25, -0.2) is 0 Å². The van der Waals surface area contributed by atoms with E-state index < -0.39 is 0 Å². The van der Waals surface area contributed by atoms with Crippen molar-refractivity contribution in [3.63, 3.8) is 0 Å². The van der Waals surface area contributed by atoms with Gasteiger partial charge in [-0.3, -0.25) is 4.99 Å². The molecule has 2 aliphatic rings. The third-order valence-corrected chi connectivity index (χ3v) is 2.99. The Morgan fingerprint density at radius 2 is 2.00 bits per heavy atom. The molecular formula is C10H18N2. The molecule has 0 radical (unpaired) electrons. The molecule has 2 heteroatoms. The van der Waals surface area contributed by atoms with Gasteiger partial charge in [0.1, 0.15) is 0 Å². The number of aliphatic imine (C=N–C) groups is 1. The number of nitrogens with two attached hydrogens (primary N) is 1. The molecule has 2 unspecified atom stereocenters. The van der Waals surface area contributed by atoms with E-state index in [4.69, 9.17) is 5.73 Å². The lowest BCUT2D eigenvalue weighted by Gasteiger charge is -2.04. The second kappa shape index (κ2) is 3.08. The highest BCUT2D eigenvalue weighted by atomic mass is 14.9. The van der Waals surface area contributed by atoms with E-state index in [1.54, 1.807) is 0 Å². The Morgan fingerprint density at radius 1 is 1.25 bits per heavy atom. The summed E-state index contributed by atoms with van der Waals surface area (Å²) in [5, 5.41) is 0. The number of nitrogens with zero attached hydrogens (tertiary/aromatic N) is 1. The molecule has 0 aliphatic heterocycles. The van der Waals surface area contributed by atoms with Crippen molar-refractivity contribution in [3.8, 4) is 0 Å². The van der Waals surface area contributed by atoms with Crippen LogP contribution >= 0.6 is 0 Å². The fourth-order valence-electron chi connectivity index (χ4n) is 1.99. The molecule has 68 valence electrons. The van der Waals surface area contributed by atoms with Crippen molar-refractivity contribution in [3.05, 3.63) is 0 Å². The minimum Gasteiger partial charge on any atom is -0.387 e. The molecule has 2 N–H and O–H groups in total. The fraction of sp³-hybridized carbons (Fsp3) is 0.900. The predicted molar refractivity (Wildman–Crippen MR) is 51.1 cm³/mol. The first-order valence-corrected chi connectivity index (χ1v) is 5.09. The lowest BCUT2D eigenvalue weighted by atomic mass is 10.1.